The van der Waals surface area contributed by atoms with E-state index in [9.17, 15) is 4.79 Å². The number of nitrogens with zero attached hydrogens (tertiary/aromatic N) is 2. The van der Waals surface area contributed by atoms with Gasteiger partial charge in [0.05, 0.1) is 24.3 Å². The summed E-state index contributed by atoms with van der Waals surface area (Å²) in [4.78, 5) is 11.8. The quantitative estimate of drug-likeness (QED) is 0.570. The van der Waals surface area contributed by atoms with E-state index in [4.69, 9.17) is 4.74 Å². The molecule has 2 unspecified atom stereocenters. The molecule has 1 aliphatic heterocycles. The van der Waals surface area contributed by atoms with Crippen molar-refractivity contribution >= 4 is 35.0 Å². The number of hydrogen-bond donors (Lipinski definition) is 1. The number of hydrogen-bond acceptors (Lipinski definition) is 7. The molecule has 0 bridgehead atoms. The fourth-order valence-corrected chi connectivity index (χ4v) is 4.35. The lowest BCUT2D eigenvalue weighted by Gasteiger charge is -2.21. The molecule has 5 nitrogen and oxygen atoms in total. The highest BCUT2D eigenvalue weighted by molar-refractivity contribution is 7.99. The van der Waals surface area contributed by atoms with E-state index in [2.05, 4.69) is 27.1 Å². The van der Waals surface area contributed by atoms with Gasteiger partial charge in [-0.1, -0.05) is 13.0 Å². The summed E-state index contributed by atoms with van der Waals surface area (Å²) >= 11 is 2.95. The summed E-state index contributed by atoms with van der Waals surface area (Å²) in [6.07, 6.45) is 4.91. The van der Waals surface area contributed by atoms with Gasteiger partial charge in [0.15, 0.2) is 0 Å². The SMILES string of the molecule is CCOC(=O)C(CC)CCSc1nsnc1C1=CCCNC1C. The van der Waals surface area contributed by atoms with Gasteiger partial charge in [0.25, 0.3) is 0 Å². The maximum absolute atomic E-state index is 11.8. The van der Waals surface area contributed by atoms with Crippen molar-refractivity contribution in [3.05, 3.63) is 11.8 Å². The Balaban J connectivity index is 1.93. The van der Waals surface area contributed by atoms with E-state index in [1.54, 1.807) is 11.8 Å². The minimum absolute atomic E-state index is 0.0213. The Labute approximate surface area is 146 Å². The highest BCUT2D eigenvalue weighted by atomic mass is 32.2. The predicted molar refractivity (Wildman–Crippen MR) is 95.7 cm³/mol. The normalized spacial score (nSPS) is 19.3. The van der Waals surface area contributed by atoms with Crippen LogP contribution in [0.4, 0.5) is 0 Å². The number of esters is 1. The second-order valence-electron chi connectivity index (χ2n) is 5.54. The highest BCUT2D eigenvalue weighted by Crippen LogP contribution is 2.31. The average molecular weight is 356 g/mol. The Morgan fingerprint density at radius 2 is 2.35 bits per heavy atom. The third-order valence-electron chi connectivity index (χ3n) is 3.98. The first kappa shape index (κ1) is 18.4. The van der Waals surface area contributed by atoms with Crippen molar-refractivity contribution in [2.75, 3.05) is 18.9 Å². The van der Waals surface area contributed by atoms with E-state index in [0.29, 0.717) is 12.6 Å². The van der Waals surface area contributed by atoms with Crippen molar-refractivity contribution in [1.82, 2.24) is 14.1 Å². The van der Waals surface area contributed by atoms with Crippen LogP contribution < -0.4 is 5.32 Å². The first-order chi connectivity index (χ1) is 11.2. The zero-order chi connectivity index (χ0) is 16.7. The van der Waals surface area contributed by atoms with Gasteiger partial charge >= 0.3 is 5.97 Å². The fourth-order valence-electron chi connectivity index (χ4n) is 2.61. The Morgan fingerprint density at radius 3 is 3.04 bits per heavy atom. The zero-order valence-corrected chi connectivity index (χ0v) is 15.6. The van der Waals surface area contributed by atoms with E-state index in [0.717, 1.165) is 42.3 Å². The maximum Gasteiger partial charge on any atom is 0.308 e. The standard InChI is InChI=1S/C16H25N3O2S2/c1-4-12(16(20)21-5-2)8-10-22-15-14(18-23-19-15)13-7-6-9-17-11(13)3/h7,11-12,17H,4-6,8-10H2,1-3H3. The number of carbonyl (C=O) groups excluding carboxylic acids is 1. The molecule has 0 radical (unpaired) electrons. The minimum Gasteiger partial charge on any atom is -0.466 e. The molecule has 0 amide bonds. The van der Waals surface area contributed by atoms with E-state index in [-0.39, 0.29) is 11.9 Å². The van der Waals surface area contributed by atoms with E-state index in [1.807, 2.05) is 13.8 Å². The highest BCUT2D eigenvalue weighted by Gasteiger charge is 2.22. The molecule has 1 N–H and O–H groups in total. The van der Waals surface area contributed by atoms with Crippen LogP contribution in [0.3, 0.4) is 0 Å². The van der Waals surface area contributed by atoms with E-state index < -0.39 is 0 Å². The summed E-state index contributed by atoms with van der Waals surface area (Å²) in [6, 6.07) is 0.315. The molecule has 1 aliphatic rings. The minimum atomic E-state index is -0.0833. The third kappa shape index (κ3) is 5.02. The average Bonchev–Trinajstić information content (AvgIpc) is 3.00. The largest absolute Gasteiger partial charge is 0.466 e. The van der Waals surface area contributed by atoms with Crippen LogP contribution in [0.2, 0.25) is 0 Å². The van der Waals surface area contributed by atoms with Crippen molar-refractivity contribution in [3.63, 3.8) is 0 Å². The lowest BCUT2D eigenvalue weighted by atomic mass is 10.0. The molecular formula is C16H25N3O2S2. The van der Waals surface area contributed by atoms with Gasteiger partial charge in [-0.05, 0) is 45.2 Å². The van der Waals surface area contributed by atoms with Gasteiger partial charge in [-0.25, -0.2) is 0 Å². The Bertz CT molecular complexity index is 545. The van der Waals surface area contributed by atoms with Gasteiger partial charge in [-0.3, -0.25) is 4.79 Å². The number of carbonyl (C=O) groups is 1. The smallest absolute Gasteiger partial charge is 0.308 e. The summed E-state index contributed by atoms with van der Waals surface area (Å²) in [6.45, 7) is 7.50. The first-order valence-corrected chi connectivity index (χ1v) is 9.94. The van der Waals surface area contributed by atoms with Crippen LogP contribution in [0.25, 0.3) is 5.57 Å². The molecule has 23 heavy (non-hydrogen) atoms. The third-order valence-corrected chi connectivity index (χ3v) is 5.62. The molecule has 2 rings (SSSR count). The topological polar surface area (TPSA) is 64.1 Å². The van der Waals surface area contributed by atoms with Crippen LogP contribution in [0, 0.1) is 5.92 Å². The number of aromatic nitrogens is 2. The Hall–Kier alpha value is -0.920. The van der Waals surface area contributed by atoms with Crippen molar-refractivity contribution in [3.8, 4) is 0 Å². The molecule has 128 valence electrons. The molecule has 2 heterocycles. The molecule has 0 aromatic carbocycles. The monoisotopic (exact) mass is 355 g/mol. The van der Waals surface area contributed by atoms with Crippen molar-refractivity contribution < 1.29 is 9.53 Å². The van der Waals surface area contributed by atoms with Gasteiger partial charge in [-0.2, -0.15) is 8.75 Å². The molecule has 0 aliphatic carbocycles. The summed E-state index contributed by atoms with van der Waals surface area (Å²) in [7, 11) is 0. The molecule has 1 aromatic rings. The number of nitrogens with one attached hydrogen (secondary N) is 1. The second kappa shape index (κ2) is 9.39. The van der Waals surface area contributed by atoms with E-state index >= 15 is 0 Å². The molecule has 1 aromatic heterocycles. The Kier molecular flexibility index (Phi) is 7.52. The molecule has 0 saturated carbocycles. The molecule has 0 spiro atoms. The van der Waals surface area contributed by atoms with Gasteiger partial charge in [0.2, 0.25) is 0 Å². The van der Waals surface area contributed by atoms with Crippen molar-refractivity contribution in [2.24, 2.45) is 5.92 Å². The van der Waals surface area contributed by atoms with Gasteiger partial charge in [0.1, 0.15) is 10.7 Å². The summed E-state index contributed by atoms with van der Waals surface area (Å²) < 4.78 is 14.0. The van der Waals surface area contributed by atoms with E-state index in [1.165, 1.54) is 17.3 Å². The van der Waals surface area contributed by atoms with Crippen molar-refractivity contribution in [2.45, 2.75) is 51.1 Å². The van der Waals surface area contributed by atoms with Crippen molar-refractivity contribution in [1.29, 1.82) is 0 Å². The van der Waals surface area contributed by atoms with Gasteiger partial charge < -0.3 is 10.1 Å². The predicted octanol–water partition coefficient (Wildman–Crippen LogP) is 3.37. The Morgan fingerprint density at radius 1 is 1.52 bits per heavy atom. The fraction of sp³-hybridized carbons (Fsp3) is 0.688. The molecule has 0 fully saturated rings. The zero-order valence-electron chi connectivity index (χ0n) is 14.0. The lowest BCUT2D eigenvalue weighted by Crippen LogP contribution is -2.31. The van der Waals surface area contributed by atoms with Crippen LogP contribution in [0.15, 0.2) is 11.1 Å². The van der Waals surface area contributed by atoms with Crippen LogP contribution in [-0.2, 0) is 9.53 Å². The lowest BCUT2D eigenvalue weighted by molar-refractivity contribution is -0.148. The number of rotatable bonds is 8. The molecule has 2 atom stereocenters. The number of ether oxygens (including phenoxy) is 1. The maximum atomic E-state index is 11.8. The molecule has 7 heteroatoms. The molecular weight excluding hydrogens is 330 g/mol. The van der Waals surface area contributed by atoms with Crippen LogP contribution in [0.5, 0.6) is 0 Å². The van der Waals surface area contributed by atoms with Gasteiger partial charge in [0, 0.05) is 11.8 Å². The summed E-state index contributed by atoms with van der Waals surface area (Å²) in [5.74, 6) is 0.747. The van der Waals surface area contributed by atoms with Gasteiger partial charge in [-0.15, -0.1) is 11.8 Å². The first-order valence-electron chi connectivity index (χ1n) is 8.23. The van der Waals surface area contributed by atoms with Crippen LogP contribution in [-0.4, -0.2) is 39.7 Å². The van der Waals surface area contributed by atoms with Crippen LogP contribution in [0.1, 0.15) is 45.7 Å². The number of thioether (sulfide) groups is 1. The summed E-state index contributed by atoms with van der Waals surface area (Å²) in [5.41, 5.74) is 2.24. The molecule has 0 saturated heterocycles. The van der Waals surface area contributed by atoms with Crippen LogP contribution >= 0.6 is 23.5 Å². The summed E-state index contributed by atoms with van der Waals surface area (Å²) in [5, 5.41) is 4.44. The second-order valence-corrected chi connectivity index (χ2v) is 7.15.